The number of benzene rings is 1. The number of aromatic hydroxyl groups is 2. The first-order valence-corrected chi connectivity index (χ1v) is 5.39. The Bertz CT molecular complexity index is 297. The molecule has 0 radical (unpaired) electrons. The van der Waals surface area contributed by atoms with Crippen LogP contribution in [0.2, 0.25) is 0 Å². The fourth-order valence-electron chi connectivity index (χ4n) is 1.31. The molecule has 0 bridgehead atoms. The molecule has 0 amide bonds. The van der Waals surface area contributed by atoms with Gasteiger partial charge in [-0.3, -0.25) is 0 Å². The molecule has 1 aromatic carbocycles. The number of ether oxygens (including phenoxy) is 1. The van der Waals surface area contributed by atoms with Crippen LogP contribution in [0.15, 0.2) is 18.2 Å². The number of hydrogen-bond acceptors (Lipinski definition) is 3. The Balaban J connectivity index is 2.28. The van der Waals surface area contributed by atoms with Crippen molar-refractivity contribution in [3.05, 3.63) is 18.2 Å². The fourth-order valence-corrected chi connectivity index (χ4v) is 1.31. The van der Waals surface area contributed by atoms with Gasteiger partial charge in [-0.25, -0.2) is 0 Å². The highest BCUT2D eigenvalue weighted by Gasteiger charge is 2.00. The minimum Gasteiger partial charge on any atom is -0.504 e. The van der Waals surface area contributed by atoms with Gasteiger partial charge >= 0.3 is 0 Å². The maximum atomic E-state index is 9.21. The number of phenolic OH excluding ortho intramolecular Hbond substituents is 2. The van der Waals surface area contributed by atoms with Crippen molar-refractivity contribution in [2.45, 2.75) is 32.6 Å². The summed E-state index contributed by atoms with van der Waals surface area (Å²) in [7, 11) is 0. The molecule has 0 aliphatic heterocycles. The van der Waals surface area contributed by atoms with Crippen molar-refractivity contribution in [1.29, 1.82) is 0 Å². The third-order valence-electron chi connectivity index (χ3n) is 2.21. The zero-order valence-corrected chi connectivity index (χ0v) is 9.07. The molecular weight excluding hydrogens is 192 g/mol. The SMILES string of the molecule is CCCCCCOc1ccc(O)c(O)c1. The highest BCUT2D eigenvalue weighted by molar-refractivity contribution is 5.43. The third kappa shape index (κ3) is 4.11. The quantitative estimate of drug-likeness (QED) is 0.560. The average Bonchev–Trinajstić information content (AvgIpc) is 2.23. The molecule has 2 N–H and O–H groups in total. The summed E-state index contributed by atoms with van der Waals surface area (Å²) in [6.07, 6.45) is 4.63. The minimum absolute atomic E-state index is 0.117. The summed E-state index contributed by atoms with van der Waals surface area (Å²) in [6, 6.07) is 4.50. The van der Waals surface area contributed by atoms with E-state index in [0.29, 0.717) is 12.4 Å². The molecule has 0 fully saturated rings. The Morgan fingerprint density at radius 2 is 1.87 bits per heavy atom. The van der Waals surface area contributed by atoms with Crippen molar-refractivity contribution in [2.24, 2.45) is 0 Å². The molecule has 0 unspecified atom stereocenters. The molecule has 0 aliphatic carbocycles. The van der Waals surface area contributed by atoms with Gasteiger partial charge in [0.15, 0.2) is 11.5 Å². The van der Waals surface area contributed by atoms with Crippen molar-refractivity contribution < 1.29 is 14.9 Å². The van der Waals surface area contributed by atoms with Crippen LogP contribution in [0.4, 0.5) is 0 Å². The van der Waals surface area contributed by atoms with Gasteiger partial charge in [0.2, 0.25) is 0 Å². The number of unbranched alkanes of at least 4 members (excludes halogenated alkanes) is 3. The summed E-state index contributed by atoms with van der Waals surface area (Å²) in [5.74, 6) is 0.344. The van der Waals surface area contributed by atoms with Crippen molar-refractivity contribution >= 4 is 0 Å². The standard InChI is InChI=1S/C12H18O3/c1-2-3-4-5-8-15-10-6-7-11(13)12(14)9-10/h6-7,9,13-14H,2-5,8H2,1H3. The van der Waals surface area contributed by atoms with E-state index in [1.54, 1.807) is 6.07 Å². The molecule has 0 saturated carbocycles. The van der Waals surface area contributed by atoms with E-state index < -0.39 is 0 Å². The van der Waals surface area contributed by atoms with Crippen LogP contribution in [-0.2, 0) is 0 Å². The predicted octanol–water partition coefficient (Wildman–Crippen LogP) is 3.06. The van der Waals surface area contributed by atoms with Crippen molar-refractivity contribution in [2.75, 3.05) is 6.61 Å². The maximum absolute atomic E-state index is 9.21. The average molecular weight is 210 g/mol. The van der Waals surface area contributed by atoms with E-state index in [1.807, 2.05) is 0 Å². The van der Waals surface area contributed by atoms with Crippen molar-refractivity contribution in [3.63, 3.8) is 0 Å². The third-order valence-corrected chi connectivity index (χ3v) is 2.21. The van der Waals surface area contributed by atoms with E-state index in [2.05, 4.69) is 6.92 Å². The molecule has 3 nitrogen and oxygen atoms in total. The van der Waals surface area contributed by atoms with Crippen LogP contribution in [0.25, 0.3) is 0 Å². The molecule has 1 aromatic rings. The van der Waals surface area contributed by atoms with Crippen LogP contribution >= 0.6 is 0 Å². The molecule has 0 heterocycles. The first-order valence-electron chi connectivity index (χ1n) is 5.39. The first kappa shape index (κ1) is 11.7. The van der Waals surface area contributed by atoms with Crippen LogP contribution in [0.5, 0.6) is 17.2 Å². The summed E-state index contributed by atoms with van der Waals surface area (Å²) < 4.78 is 5.42. The van der Waals surface area contributed by atoms with Crippen LogP contribution in [0, 0.1) is 0 Å². The Morgan fingerprint density at radius 1 is 1.07 bits per heavy atom. The Kier molecular flexibility index (Phi) is 4.81. The number of hydrogen-bond donors (Lipinski definition) is 2. The molecule has 0 aliphatic rings. The minimum atomic E-state index is -0.138. The van der Waals surface area contributed by atoms with E-state index in [1.165, 1.54) is 31.4 Å². The zero-order chi connectivity index (χ0) is 11.1. The van der Waals surface area contributed by atoms with Gasteiger partial charge < -0.3 is 14.9 Å². The van der Waals surface area contributed by atoms with Gasteiger partial charge in [-0.05, 0) is 18.6 Å². The van der Waals surface area contributed by atoms with Crippen LogP contribution in [0.1, 0.15) is 32.6 Å². The highest BCUT2D eigenvalue weighted by atomic mass is 16.5. The Hall–Kier alpha value is -1.38. The lowest BCUT2D eigenvalue weighted by Gasteiger charge is -2.06. The van der Waals surface area contributed by atoms with E-state index >= 15 is 0 Å². The number of phenols is 2. The van der Waals surface area contributed by atoms with Gasteiger partial charge in [0.25, 0.3) is 0 Å². The maximum Gasteiger partial charge on any atom is 0.161 e. The largest absolute Gasteiger partial charge is 0.504 e. The van der Waals surface area contributed by atoms with Crippen LogP contribution in [-0.4, -0.2) is 16.8 Å². The van der Waals surface area contributed by atoms with Gasteiger partial charge in [0.05, 0.1) is 6.61 Å². The molecule has 1 rings (SSSR count). The Morgan fingerprint density at radius 3 is 2.53 bits per heavy atom. The van der Waals surface area contributed by atoms with E-state index in [9.17, 15) is 5.11 Å². The number of rotatable bonds is 6. The predicted molar refractivity (Wildman–Crippen MR) is 59.4 cm³/mol. The van der Waals surface area contributed by atoms with Gasteiger partial charge in [-0.15, -0.1) is 0 Å². The molecule has 0 aromatic heterocycles. The second kappa shape index (κ2) is 6.17. The van der Waals surface area contributed by atoms with Crippen molar-refractivity contribution in [1.82, 2.24) is 0 Å². The van der Waals surface area contributed by atoms with Gasteiger partial charge in [0, 0.05) is 6.07 Å². The van der Waals surface area contributed by atoms with Crippen molar-refractivity contribution in [3.8, 4) is 17.2 Å². The molecular formula is C12H18O3. The molecule has 0 atom stereocenters. The summed E-state index contributed by atoms with van der Waals surface area (Å²) in [6.45, 7) is 2.82. The highest BCUT2D eigenvalue weighted by Crippen LogP contribution is 2.28. The fraction of sp³-hybridized carbons (Fsp3) is 0.500. The lowest BCUT2D eigenvalue weighted by atomic mass is 10.2. The molecule has 0 saturated heterocycles. The lowest BCUT2D eigenvalue weighted by Crippen LogP contribution is -1.96. The lowest BCUT2D eigenvalue weighted by molar-refractivity contribution is 0.302. The molecule has 15 heavy (non-hydrogen) atoms. The zero-order valence-electron chi connectivity index (χ0n) is 9.07. The van der Waals surface area contributed by atoms with E-state index in [0.717, 1.165) is 6.42 Å². The van der Waals surface area contributed by atoms with E-state index in [4.69, 9.17) is 9.84 Å². The van der Waals surface area contributed by atoms with Gasteiger partial charge in [0.1, 0.15) is 5.75 Å². The summed E-state index contributed by atoms with van der Waals surface area (Å²) in [5, 5.41) is 18.3. The molecule has 0 spiro atoms. The molecule has 3 heteroatoms. The molecule has 84 valence electrons. The second-order valence-electron chi connectivity index (χ2n) is 3.56. The monoisotopic (exact) mass is 210 g/mol. The summed E-state index contributed by atoms with van der Waals surface area (Å²) in [4.78, 5) is 0. The van der Waals surface area contributed by atoms with Gasteiger partial charge in [-0.1, -0.05) is 26.2 Å². The second-order valence-corrected chi connectivity index (χ2v) is 3.56. The van der Waals surface area contributed by atoms with Gasteiger partial charge in [-0.2, -0.15) is 0 Å². The Labute approximate surface area is 90.3 Å². The van der Waals surface area contributed by atoms with E-state index in [-0.39, 0.29) is 11.5 Å². The topological polar surface area (TPSA) is 49.7 Å². The van der Waals surface area contributed by atoms with Crippen LogP contribution in [0.3, 0.4) is 0 Å². The first-order chi connectivity index (χ1) is 7.24. The summed E-state index contributed by atoms with van der Waals surface area (Å²) in [5.41, 5.74) is 0. The normalized spacial score (nSPS) is 10.2. The van der Waals surface area contributed by atoms with Crippen LogP contribution < -0.4 is 4.74 Å². The summed E-state index contributed by atoms with van der Waals surface area (Å²) >= 11 is 0. The smallest absolute Gasteiger partial charge is 0.161 e.